The molecule has 0 aliphatic heterocycles. The molecule has 0 aliphatic carbocycles. The molecule has 0 spiro atoms. The zero-order chi connectivity index (χ0) is 19.5. The topological polar surface area (TPSA) is 47.6 Å². The minimum Gasteiger partial charge on any atom is -0.493 e. The Morgan fingerprint density at radius 3 is 2.27 bits per heavy atom. The molecule has 2 rings (SSSR count). The molecule has 1 unspecified atom stereocenters. The monoisotopic (exact) mass is 367 g/mol. The summed E-state index contributed by atoms with van der Waals surface area (Å²) in [6, 6.07) is 7.41. The molecule has 26 heavy (non-hydrogen) atoms. The van der Waals surface area contributed by atoms with Crippen LogP contribution in [0.5, 0.6) is 11.5 Å². The molecule has 0 saturated carbocycles. The van der Waals surface area contributed by atoms with E-state index < -0.39 is 23.7 Å². The number of hydrogen-bond donors (Lipinski definition) is 1. The summed E-state index contributed by atoms with van der Waals surface area (Å²) in [6.45, 7) is 3.60. The third kappa shape index (κ3) is 4.28. The lowest BCUT2D eigenvalue weighted by Crippen LogP contribution is -2.27. The molecular weight excluding hydrogens is 347 g/mol. The number of benzene rings is 2. The molecule has 0 fully saturated rings. The lowest BCUT2D eigenvalue weighted by molar-refractivity contribution is -0.137. The number of halogens is 3. The molecule has 4 nitrogen and oxygen atoms in total. The van der Waals surface area contributed by atoms with E-state index in [0.717, 1.165) is 23.3 Å². The highest BCUT2D eigenvalue weighted by Crippen LogP contribution is 2.33. The van der Waals surface area contributed by atoms with Crippen molar-refractivity contribution in [3.8, 4) is 11.5 Å². The summed E-state index contributed by atoms with van der Waals surface area (Å²) in [5.41, 5.74) is 0.729. The molecule has 0 radical (unpaired) electrons. The fraction of sp³-hybridized carbons (Fsp3) is 0.316. The molecule has 0 aromatic heterocycles. The summed E-state index contributed by atoms with van der Waals surface area (Å²) in [6.07, 6.45) is -4.50. The van der Waals surface area contributed by atoms with Crippen molar-refractivity contribution in [2.75, 3.05) is 14.2 Å². The predicted octanol–water partition coefficient (Wildman–Crippen LogP) is 4.52. The third-order valence-electron chi connectivity index (χ3n) is 4.04. The van der Waals surface area contributed by atoms with E-state index in [2.05, 4.69) is 5.32 Å². The van der Waals surface area contributed by atoms with Crippen LogP contribution in [0.15, 0.2) is 36.4 Å². The van der Waals surface area contributed by atoms with E-state index in [-0.39, 0.29) is 5.56 Å². The number of alkyl halides is 3. The number of hydrogen-bond acceptors (Lipinski definition) is 3. The van der Waals surface area contributed by atoms with Crippen LogP contribution < -0.4 is 14.8 Å². The van der Waals surface area contributed by atoms with Gasteiger partial charge in [0, 0.05) is 5.56 Å². The van der Waals surface area contributed by atoms with Gasteiger partial charge in [0.1, 0.15) is 0 Å². The first-order valence-electron chi connectivity index (χ1n) is 7.88. The summed E-state index contributed by atoms with van der Waals surface area (Å²) < 4.78 is 48.9. The fourth-order valence-corrected chi connectivity index (χ4v) is 2.66. The number of carbonyl (C=O) groups excluding carboxylic acids is 1. The van der Waals surface area contributed by atoms with Crippen molar-refractivity contribution in [2.24, 2.45) is 0 Å². The number of aryl methyl sites for hydroxylation is 1. The van der Waals surface area contributed by atoms with Crippen LogP contribution in [0.3, 0.4) is 0 Å². The van der Waals surface area contributed by atoms with Crippen LogP contribution in [0.2, 0.25) is 0 Å². The lowest BCUT2D eigenvalue weighted by Gasteiger charge is -2.19. The van der Waals surface area contributed by atoms with E-state index >= 15 is 0 Å². The van der Waals surface area contributed by atoms with Gasteiger partial charge in [-0.3, -0.25) is 4.79 Å². The quantitative estimate of drug-likeness (QED) is 0.845. The van der Waals surface area contributed by atoms with E-state index in [9.17, 15) is 18.0 Å². The Morgan fingerprint density at radius 1 is 1.08 bits per heavy atom. The first-order chi connectivity index (χ1) is 12.2. The first kappa shape index (κ1) is 19.6. The number of nitrogens with one attached hydrogen (secondary N) is 1. The van der Waals surface area contributed by atoms with Gasteiger partial charge in [0.25, 0.3) is 5.91 Å². The minimum absolute atomic E-state index is 0.0511. The number of rotatable bonds is 5. The molecule has 140 valence electrons. The van der Waals surface area contributed by atoms with Gasteiger partial charge in [0.2, 0.25) is 0 Å². The van der Waals surface area contributed by atoms with E-state index in [0.29, 0.717) is 11.5 Å². The van der Waals surface area contributed by atoms with Crippen molar-refractivity contribution in [2.45, 2.75) is 26.1 Å². The molecular formula is C19H20F3NO3. The van der Waals surface area contributed by atoms with Gasteiger partial charge in [0.15, 0.2) is 11.5 Å². The van der Waals surface area contributed by atoms with Crippen molar-refractivity contribution in [1.82, 2.24) is 5.32 Å². The maximum Gasteiger partial charge on any atom is 0.416 e. The van der Waals surface area contributed by atoms with Crippen LogP contribution in [-0.4, -0.2) is 20.1 Å². The number of amides is 1. The standard InChI is InChI=1S/C19H20F3NO3/c1-11-8-16(25-3)17(26-4)10-15(11)12(2)23-18(24)13-6-5-7-14(9-13)19(20,21)22/h5-10,12H,1-4H3,(H,23,24). The van der Waals surface area contributed by atoms with Crippen molar-refractivity contribution < 1.29 is 27.4 Å². The van der Waals surface area contributed by atoms with Crippen LogP contribution in [0, 0.1) is 6.92 Å². The molecule has 1 N–H and O–H groups in total. The molecule has 0 bridgehead atoms. The lowest BCUT2D eigenvalue weighted by atomic mass is 10.0. The van der Waals surface area contributed by atoms with Gasteiger partial charge in [-0.15, -0.1) is 0 Å². The summed E-state index contributed by atoms with van der Waals surface area (Å²) in [5.74, 6) is 0.483. The number of ether oxygens (including phenoxy) is 2. The zero-order valence-corrected chi connectivity index (χ0v) is 14.9. The maximum absolute atomic E-state index is 12.8. The molecule has 0 heterocycles. The van der Waals surface area contributed by atoms with Crippen LogP contribution in [0.4, 0.5) is 13.2 Å². The van der Waals surface area contributed by atoms with Gasteiger partial charge in [-0.2, -0.15) is 13.2 Å². The second-order valence-corrected chi connectivity index (χ2v) is 5.84. The highest BCUT2D eigenvalue weighted by molar-refractivity contribution is 5.94. The van der Waals surface area contributed by atoms with Crippen molar-refractivity contribution in [3.05, 3.63) is 58.7 Å². The van der Waals surface area contributed by atoms with Crippen molar-refractivity contribution in [3.63, 3.8) is 0 Å². The predicted molar refractivity (Wildman–Crippen MR) is 91.6 cm³/mol. The average molecular weight is 367 g/mol. The number of carbonyl (C=O) groups is 1. The molecule has 1 amide bonds. The average Bonchev–Trinajstić information content (AvgIpc) is 2.60. The Labute approximate surface area is 149 Å². The maximum atomic E-state index is 12.8. The normalized spacial score (nSPS) is 12.4. The SMILES string of the molecule is COc1cc(C)c(C(C)NC(=O)c2cccc(C(F)(F)F)c2)cc1OC. The Hall–Kier alpha value is -2.70. The van der Waals surface area contributed by atoms with Crippen LogP contribution in [0.1, 0.15) is 40.0 Å². The minimum atomic E-state index is -4.50. The molecule has 1 atom stereocenters. The zero-order valence-electron chi connectivity index (χ0n) is 14.9. The van der Waals surface area contributed by atoms with Gasteiger partial charge in [0.05, 0.1) is 25.8 Å². The summed E-state index contributed by atoms with van der Waals surface area (Å²) in [7, 11) is 3.03. The molecule has 2 aromatic carbocycles. The van der Waals surface area contributed by atoms with Gasteiger partial charge >= 0.3 is 6.18 Å². The molecule has 0 saturated heterocycles. The molecule has 7 heteroatoms. The first-order valence-corrected chi connectivity index (χ1v) is 7.88. The fourth-order valence-electron chi connectivity index (χ4n) is 2.66. The Balaban J connectivity index is 2.25. The molecule has 2 aromatic rings. The van der Waals surface area contributed by atoms with E-state index in [1.54, 1.807) is 19.1 Å². The summed E-state index contributed by atoms with van der Waals surface area (Å²) in [4.78, 5) is 12.4. The summed E-state index contributed by atoms with van der Waals surface area (Å²) in [5, 5.41) is 2.72. The largest absolute Gasteiger partial charge is 0.493 e. The second kappa shape index (κ2) is 7.68. The smallest absolute Gasteiger partial charge is 0.416 e. The molecule has 0 aliphatic rings. The van der Waals surface area contributed by atoms with Crippen LogP contribution in [-0.2, 0) is 6.18 Å². The number of methoxy groups -OCH3 is 2. The van der Waals surface area contributed by atoms with Crippen LogP contribution >= 0.6 is 0 Å². The Kier molecular flexibility index (Phi) is 5.79. The Bertz CT molecular complexity index is 803. The summed E-state index contributed by atoms with van der Waals surface area (Å²) >= 11 is 0. The van der Waals surface area contributed by atoms with E-state index in [4.69, 9.17) is 9.47 Å². The van der Waals surface area contributed by atoms with E-state index in [1.807, 2.05) is 6.92 Å². The van der Waals surface area contributed by atoms with Crippen LogP contribution in [0.25, 0.3) is 0 Å². The highest BCUT2D eigenvalue weighted by atomic mass is 19.4. The third-order valence-corrected chi connectivity index (χ3v) is 4.04. The van der Waals surface area contributed by atoms with Gasteiger partial charge in [-0.05, 0) is 55.3 Å². The van der Waals surface area contributed by atoms with Crippen molar-refractivity contribution >= 4 is 5.91 Å². The second-order valence-electron chi connectivity index (χ2n) is 5.84. The van der Waals surface area contributed by atoms with Gasteiger partial charge < -0.3 is 14.8 Å². The van der Waals surface area contributed by atoms with Gasteiger partial charge in [-0.1, -0.05) is 6.07 Å². The van der Waals surface area contributed by atoms with E-state index in [1.165, 1.54) is 26.4 Å². The van der Waals surface area contributed by atoms with Crippen molar-refractivity contribution in [1.29, 1.82) is 0 Å². The van der Waals surface area contributed by atoms with Gasteiger partial charge in [-0.25, -0.2) is 0 Å². The Morgan fingerprint density at radius 2 is 1.69 bits per heavy atom. The highest BCUT2D eigenvalue weighted by Gasteiger charge is 2.31.